The van der Waals surface area contributed by atoms with Gasteiger partial charge in [0.05, 0.1) is 5.25 Å². The summed E-state index contributed by atoms with van der Waals surface area (Å²) < 4.78 is 0. The summed E-state index contributed by atoms with van der Waals surface area (Å²) in [5.41, 5.74) is 4.09. The molecule has 1 atom stereocenters. The van der Waals surface area contributed by atoms with E-state index in [0.29, 0.717) is 11.2 Å². The molecule has 19 heavy (non-hydrogen) atoms. The van der Waals surface area contributed by atoms with Gasteiger partial charge in [-0.05, 0) is 29.2 Å². The first-order valence-corrected chi connectivity index (χ1v) is 7.71. The minimum absolute atomic E-state index is 0.510. The summed E-state index contributed by atoms with van der Waals surface area (Å²) in [4.78, 5) is 1.35. The van der Waals surface area contributed by atoms with Gasteiger partial charge in [0.25, 0.3) is 0 Å². The summed E-state index contributed by atoms with van der Waals surface area (Å²) in [5.74, 6) is 0.604. The van der Waals surface area contributed by atoms with Crippen molar-refractivity contribution in [1.82, 2.24) is 0 Å². The van der Waals surface area contributed by atoms with Gasteiger partial charge in [-0.2, -0.15) is 0 Å². The number of benzene rings is 2. The van der Waals surface area contributed by atoms with Crippen molar-refractivity contribution in [2.75, 3.05) is 11.9 Å². The number of hydrogen-bond donors (Lipinski definition) is 1. The molecule has 1 N–H and O–H groups in total. The van der Waals surface area contributed by atoms with Crippen LogP contribution < -0.4 is 5.32 Å². The van der Waals surface area contributed by atoms with Crippen LogP contribution in [0.15, 0.2) is 53.4 Å². The van der Waals surface area contributed by atoms with Crippen molar-refractivity contribution in [1.29, 1.82) is 0 Å². The number of para-hydroxylation sites is 1. The molecule has 0 spiro atoms. The average Bonchev–Trinajstić information content (AvgIpc) is 2.47. The van der Waals surface area contributed by atoms with Gasteiger partial charge in [-0.25, -0.2) is 0 Å². The van der Waals surface area contributed by atoms with Crippen molar-refractivity contribution >= 4 is 17.4 Å². The molecule has 1 unspecified atom stereocenters. The molecule has 3 rings (SSSR count). The maximum Gasteiger partial charge on any atom is 0.0517 e. The molecule has 2 heteroatoms. The fourth-order valence-corrected chi connectivity index (χ4v) is 3.59. The number of hydrogen-bond acceptors (Lipinski definition) is 2. The third-order valence-electron chi connectivity index (χ3n) is 3.61. The second-order valence-corrected chi connectivity index (χ2v) is 6.55. The van der Waals surface area contributed by atoms with Gasteiger partial charge in [-0.15, -0.1) is 11.8 Å². The second kappa shape index (κ2) is 5.30. The maximum absolute atomic E-state index is 3.53. The zero-order valence-electron chi connectivity index (χ0n) is 11.4. The van der Waals surface area contributed by atoms with Crippen molar-refractivity contribution in [2.24, 2.45) is 0 Å². The van der Waals surface area contributed by atoms with Crippen molar-refractivity contribution in [3.63, 3.8) is 0 Å². The fraction of sp³-hybridized carbons (Fsp3) is 0.294. The first-order chi connectivity index (χ1) is 9.24. The zero-order valence-corrected chi connectivity index (χ0v) is 12.2. The van der Waals surface area contributed by atoms with E-state index >= 15 is 0 Å². The van der Waals surface area contributed by atoms with Gasteiger partial charge in [-0.3, -0.25) is 0 Å². The quantitative estimate of drug-likeness (QED) is 0.817. The van der Waals surface area contributed by atoms with Gasteiger partial charge in [0.2, 0.25) is 0 Å². The highest BCUT2D eigenvalue weighted by molar-refractivity contribution is 7.99. The van der Waals surface area contributed by atoms with E-state index in [1.165, 1.54) is 21.7 Å². The first-order valence-electron chi connectivity index (χ1n) is 6.83. The van der Waals surface area contributed by atoms with Gasteiger partial charge in [0.15, 0.2) is 0 Å². The molecule has 0 saturated carbocycles. The molecule has 0 fully saturated rings. The summed E-state index contributed by atoms with van der Waals surface area (Å²) >= 11 is 1.96. The molecule has 2 aromatic carbocycles. The molecule has 1 aliphatic rings. The van der Waals surface area contributed by atoms with Gasteiger partial charge >= 0.3 is 0 Å². The van der Waals surface area contributed by atoms with E-state index in [4.69, 9.17) is 0 Å². The third-order valence-corrected chi connectivity index (χ3v) is 4.94. The SMILES string of the molecule is CC(C)c1ccc(C2CNc3ccccc3S2)cc1. The summed E-state index contributed by atoms with van der Waals surface area (Å²) in [6.07, 6.45) is 0. The van der Waals surface area contributed by atoms with Crippen LogP contribution >= 0.6 is 11.8 Å². The first kappa shape index (κ1) is 12.6. The number of fused-ring (bicyclic) bond motifs is 1. The lowest BCUT2D eigenvalue weighted by Crippen LogP contribution is -2.15. The highest BCUT2D eigenvalue weighted by atomic mass is 32.2. The van der Waals surface area contributed by atoms with Crippen molar-refractivity contribution < 1.29 is 0 Å². The summed E-state index contributed by atoms with van der Waals surface area (Å²) in [5, 5.41) is 4.04. The Kier molecular flexibility index (Phi) is 3.52. The average molecular weight is 269 g/mol. The van der Waals surface area contributed by atoms with Gasteiger partial charge in [0.1, 0.15) is 0 Å². The Morgan fingerprint density at radius 3 is 2.53 bits per heavy atom. The van der Waals surface area contributed by atoms with E-state index in [0.717, 1.165) is 6.54 Å². The number of nitrogens with one attached hydrogen (secondary N) is 1. The van der Waals surface area contributed by atoms with E-state index < -0.39 is 0 Å². The van der Waals surface area contributed by atoms with Gasteiger partial charge in [-0.1, -0.05) is 50.2 Å². The Balaban J connectivity index is 1.81. The monoisotopic (exact) mass is 269 g/mol. The van der Waals surface area contributed by atoms with Crippen LogP contribution in [-0.2, 0) is 0 Å². The number of anilines is 1. The minimum Gasteiger partial charge on any atom is -0.383 e. The largest absolute Gasteiger partial charge is 0.383 e. The van der Waals surface area contributed by atoms with Crippen LogP contribution in [0.1, 0.15) is 36.1 Å². The Morgan fingerprint density at radius 1 is 1.05 bits per heavy atom. The van der Waals surface area contributed by atoms with Crippen LogP contribution in [0.2, 0.25) is 0 Å². The fourth-order valence-electron chi connectivity index (χ4n) is 2.39. The molecule has 1 heterocycles. The molecule has 0 aromatic heterocycles. The minimum atomic E-state index is 0.510. The van der Waals surface area contributed by atoms with Gasteiger partial charge < -0.3 is 5.32 Å². The highest BCUT2D eigenvalue weighted by Crippen LogP contribution is 2.42. The summed E-state index contributed by atoms with van der Waals surface area (Å²) in [6.45, 7) is 5.48. The normalized spacial score (nSPS) is 17.9. The summed E-state index contributed by atoms with van der Waals surface area (Å²) in [6, 6.07) is 17.6. The molecular formula is C17H19NS. The molecule has 98 valence electrons. The lowest BCUT2D eigenvalue weighted by Gasteiger charge is -2.26. The molecule has 2 aromatic rings. The molecule has 0 bridgehead atoms. The topological polar surface area (TPSA) is 12.0 Å². The Morgan fingerprint density at radius 2 is 1.79 bits per heavy atom. The number of thioether (sulfide) groups is 1. The van der Waals surface area contributed by atoms with Crippen LogP contribution in [-0.4, -0.2) is 6.54 Å². The molecule has 1 nitrogen and oxygen atoms in total. The predicted molar refractivity (Wildman–Crippen MR) is 84.1 cm³/mol. The van der Waals surface area contributed by atoms with Gasteiger partial charge in [0, 0.05) is 17.1 Å². The van der Waals surface area contributed by atoms with Crippen LogP contribution in [0.3, 0.4) is 0 Å². The maximum atomic E-state index is 3.53. The lowest BCUT2D eigenvalue weighted by atomic mass is 10.0. The van der Waals surface area contributed by atoms with Crippen molar-refractivity contribution in [3.8, 4) is 0 Å². The van der Waals surface area contributed by atoms with Crippen molar-refractivity contribution in [3.05, 3.63) is 59.7 Å². The smallest absolute Gasteiger partial charge is 0.0517 e. The lowest BCUT2D eigenvalue weighted by molar-refractivity contribution is 0.863. The molecule has 0 saturated heterocycles. The standard InChI is InChI=1S/C17H19NS/c1-12(2)13-7-9-14(10-8-13)17-11-18-15-5-3-4-6-16(15)19-17/h3-10,12,17-18H,11H2,1-2H3. The van der Waals surface area contributed by atoms with Crippen LogP contribution in [0.5, 0.6) is 0 Å². The van der Waals surface area contributed by atoms with E-state index in [1.807, 2.05) is 11.8 Å². The Hall–Kier alpha value is -1.41. The Bertz CT molecular complexity index is 560. The second-order valence-electron chi connectivity index (χ2n) is 5.30. The Labute approximate surface area is 119 Å². The molecule has 0 aliphatic carbocycles. The summed E-state index contributed by atoms with van der Waals surface area (Å²) in [7, 11) is 0. The van der Waals surface area contributed by atoms with E-state index in [1.54, 1.807) is 0 Å². The van der Waals surface area contributed by atoms with E-state index in [9.17, 15) is 0 Å². The zero-order chi connectivity index (χ0) is 13.2. The molecule has 0 radical (unpaired) electrons. The number of rotatable bonds is 2. The third kappa shape index (κ3) is 2.64. The molecular weight excluding hydrogens is 250 g/mol. The van der Waals surface area contributed by atoms with Crippen LogP contribution in [0, 0.1) is 0 Å². The van der Waals surface area contributed by atoms with Crippen LogP contribution in [0.25, 0.3) is 0 Å². The highest BCUT2D eigenvalue weighted by Gasteiger charge is 2.19. The van der Waals surface area contributed by atoms with E-state index in [2.05, 4.69) is 67.7 Å². The molecule has 1 aliphatic heterocycles. The predicted octanol–water partition coefficient (Wildman–Crippen LogP) is 5.07. The van der Waals surface area contributed by atoms with Crippen molar-refractivity contribution in [2.45, 2.75) is 29.9 Å². The van der Waals surface area contributed by atoms with E-state index in [-0.39, 0.29) is 0 Å². The molecule has 0 amide bonds. The van der Waals surface area contributed by atoms with Crippen LogP contribution in [0.4, 0.5) is 5.69 Å².